The molecule has 1 saturated heterocycles. The minimum atomic E-state index is -3.76. The highest BCUT2D eigenvalue weighted by Gasteiger charge is 2.16. The van der Waals surface area contributed by atoms with Crippen molar-refractivity contribution in [2.24, 2.45) is 0 Å². The number of sulfonamides is 1. The number of aryl methyl sites for hydroxylation is 1. The zero-order chi connectivity index (χ0) is 23.4. The lowest BCUT2D eigenvalue weighted by molar-refractivity contribution is 0.101. The Morgan fingerprint density at radius 2 is 1.55 bits per heavy atom. The molecule has 4 rings (SSSR count). The maximum absolute atomic E-state index is 12.7. The standard InChI is InChI=1S/C24H27N5O3S/c1-17-16-23(27-24(25-17)29-14-4-3-5-15-29)26-20-8-10-21(11-9-20)28-33(31,32)22-12-6-19(7-13-22)18(2)30/h6-13,16,28H,3-5,14-15H2,1-2H3,(H,25,26,27). The molecule has 0 spiro atoms. The van der Waals surface area contributed by atoms with Crippen LogP contribution in [-0.2, 0) is 10.0 Å². The normalized spacial score (nSPS) is 14.1. The van der Waals surface area contributed by atoms with E-state index in [4.69, 9.17) is 0 Å². The van der Waals surface area contributed by atoms with Crippen molar-refractivity contribution in [3.8, 4) is 0 Å². The highest BCUT2D eigenvalue weighted by atomic mass is 32.2. The number of nitrogens with one attached hydrogen (secondary N) is 2. The van der Waals surface area contributed by atoms with Crippen molar-refractivity contribution in [2.75, 3.05) is 28.0 Å². The second-order valence-electron chi connectivity index (χ2n) is 8.13. The first kappa shape index (κ1) is 22.7. The van der Waals surface area contributed by atoms with Gasteiger partial charge in [-0.1, -0.05) is 12.1 Å². The lowest BCUT2D eigenvalue weighted by Crippen LogP contribution is -2.31. The Labute approximate surface area is 194 Å². The summed E-state index contributed by atoms with van der Waals surface area (Å²) in [6, 6.07) is 14.7. The van der Waals surface area contributed by atoms with E-state index in [1.807, 2.05) is 13.0 Å². The number of piperidine rings is 1. The molecule has 0 radical (unpaired) electrons. The molecule has 2 N–H and O–H groups in total. The zero-order valence-corrected chi connectivity index (χ0v) is 19.5. The fourth-order valence-corrected chi connectivity index (χ4v) is 4.76. The van der Waals surface area contributed by atoms with Crippen molar-refractivity contribution >= 4 is 38.9 Å². The molecule has 0 atom stereocenters. The van der Waals surface area contributed by atoms with Gasteiger partial charge in [0.1, 0.15) is 5.82 Å². The second kappa shape index (κ2) is 9.58. The van der Waals surface area contributed by atoms with Crippen LogP contribution in [0.3, 0.4) is 0 Å². The number of hydrogen-bond donors (Lipinski definition) is 2. The Bertz CT molecular complexity index is 1240. The number of hydrogen-bond acceptors (Lipinski definition) is 7. The Kier molecular flexibility index (Phi) is 6.60. The number of ketones is 1. The molecule has 0 amide bonds. The van der Waals surface area contributed by atoms with Gasteiger partial charge in [-0.05, 0) is 69.5 Å². The van der Waals surface area contributed by atoms with Gasteiger partial charge >= 0.3 is 0 Å². The minimum absolute atomic E-state index is 0.0939. The molecule has 1 fully saturated rings. The van der Waals surface area contributed by atoms with Crippen LogP contribution in [0.2, 0.25) is 0 Å². The van der Waals surface area contributed by atoms with Gasteiger partial charge in [0.2, 0.25) is 5.95 Å². The molecule has 2 heterocycles. The number of anilines is 4. The maximum atomic E-state index is 12.7. The van der Waals surface area contributed by atoms with Crippen LogP contribution in [0.4, 0.5) is 23.1 Å². The highest BCUT2D eigenvalue weighted by Crippen LogP contribution is 2.23. The average molecular weight is 466 g/mol. The van der Waals surface area contributed by atoms with Gasteiger partial charge in [0, 0.05) is 41.8 Å². The summed E-state index contributed by atoms with van der Waals surface area (Å²) in [5.41, 5.74) is 2.57. The van der Waals surface area contributed by atoms with Crippen LogP contribution in [0.1, 0.15) is 42.2 Å². The third kappa shape index (κ3) is 5.67. The Hall–Kier alpha value is -3.46. The molecule has 9 heteroatoms. The SMILES string of the molecule is CC(=O)c1ccc(S(=O)(=O)Nc2ccc(Nc3cc(C)nc(N4CCCCC4)n3)cc2)cc1. The summed E-state index contributed by atoms with van der Waals surface area (Å²) in [5, 5.41) is 3.28. The summed E-state index contributed by atoms with van der Waals surface area (Å²) < 4.78 is 27.9. The summed E-state index contributed by atoms with van der Waals surface area (Å²) in [6.07, 6.45) is 3.55. The van der Waals surface area contributed by atoms with Gasteiger partial charge in [-0.25, -0.2) is 13.4 Å². The van der Waals surface area contributed by atoms with Crippen LogP contribution >= 0.6 is 0 Å². The van der Waals surface area contributed by atoms with Crippen LogP contribution < -0.4 is 14.9 Å². The van der Waals surface area contributed by atoms with Crippen molar-refractivity contribution in [2.45, 2.75) is 38.0 Å². The van der Waals surface area contributed by atoms with Gasteiger partial charge in [0.05, 0.1) is 4.90 Å². The molecule has 1 aliphatic heterocycles. The minimum Gasteiger partial charge on any atom is -0.341 e. The van der Waals surface area contributed by atoms with Gasteiger partial charge in [0.25, 0.3) is 10.0 Å². The Balaban J connectivity index is 1.45. The van der Waals surface area contributed by atoms with E-state index in [1.54, 1.807) is 24.3 Å². The maximum Gasteiger partial charge on any atom is 0.261 e. The van der Waals surface area contributed by atoms with Gasteiger partial charge in [-0.15, -0.1) is 0 Å². The smallest absolute Gasteiger partial charge is 0.261 e. The summed E-state index contributed by atoms with van der Waals surface area (Å²) in [4.78, 5) is 22.9. The van der Waals surface area contributed by atoms with E-state index in [2.05, 4.69) is 24.9 Å². The predicted octanol–water partition coefficient (Wildman–Crippen LogP) is 4.52. The van der Waals surface area contributed by atoms with E-state index >= 15 is 0 Å². The molecule has 1 aliphatic rings. The number of benzene rings is 2. The van der Waals surface area contributed by atoms with Crippen LogP contribution in [0.25, 0.3) is 0 Å². The number of carbonyl (C=O) groups is 1. The van der Waals surface area contributed by atoms with E-state index in [0.717, 1.165) is 43.3 Å². The van der Waals surface area contributed by atoms with E-state index in [0.29, 0.717) is 17.1 Å². The van der Waals surface area contributed by atoms with Crippen LogP contribution in [0.15, 0.2) is 59.5 Å². The molecule has 0 aliphatic carbocycles. The molecule has 0 unspecified atom stereocenters. The molecule has 8 nitrogen and oxygen atoms in total. The van der Waals surface area contributed by atoms with E-state index in [-0.39, 0.29) is 10.7 Å². The number of Topliss-reactive ketones (excluding diaryl/α,β-unsaturated/α-hetero) is 1. The molecule has 0 saturated carbocycles. The van der Waals surface area contributed by atoms with E-state index in [9.17, 15) is 13.2 Å². The Morgan fingerprint density at radius 1 is 0.909 bits per heavy atom. The van der Waals surface area contributed by atoms with E-state index in [1.165, 1.54) is 37.6 Å². The fraction of sp³-hybridized carbons (Fsp3) is 0.292. The Morgan fingerprint density at radius 3 is 2.18 bits per heavy atom. The molecule has 2 aromatic carbocycles. The molecular weight excluding hydrogens is 438 g/mol. The number of nitrogens with zero attached hydrogens (tertiary/aromatic N) is 3. The van der Waals surface area contributed by atoms with Crippen molar-refractivity contribution in [3.63, 3.8) is 0 Å². The average Bonchev–Trinajstić information content (AvgIpc) is 2.80. The molecule has 0 bridgehead atoms. The number of aromatic nitrogens is 2. The van der Waals surface area contributed by atoms with Crippen LogP contribution in [0.5, 0.6) is 0 Å². The lowest BCUT2D eigenvalue weighted by atomic mass is 10.1. The number of carbonyl (C=O) groups excluding carboxylic acids is 1. The third-order valence-electron chi connectivity index (χ3n) is 5.46. The van der Waals surface area contributed by atoms with Crippen LogP contribution in [0, 0.1) is 6.92 Å². The van der Waals surface area contributed by atoms with Crippen molar-refractivity contribution in [1.29, 1.82) is 0 Å². The fourth-order valence-electron chi connectivity index (χ4n) is 3.70. The third-order valence-corrected chi connectivity index (χ3v) is 6.86. The largest absolute Gasteiger partial charge is 0.341 e. The molecule has 3 aromatic rings. The first-order valence-corrected chi connectivity index (χ1v) is 12.4. The van der Waals surface area contributed by atoms with Gasteiger partial charge in [-0.3, -0.25) is 9.52 Å². The summed E-state index contributed by atoms with van der Waals surface area (Å²) in [6.45, 7) is 5.32. The van der Waals surface area contributed by atoms with Crippen molar-refractivity contribution in [1.82, 2.24) is 9.97 Å². The summed E-state index contributed by atoms with van der Waals surface area (Å²) in [5.74, 6) is 1.32. The second-order valence-corrected chi connectivity index (χ2v) is 9.81. The predicted molar refractivity (Wildman–Crippen MR) is 130 cm³/mol. The van der Waals surface area contributed by atoms with Gasteiger partial charge in [0.15, 0.2) is 5.78 Å². The zero-order valence-electron chi connectivity index (χ0n) is 18.7. The highest BCUT2D eigenvalue weighted by molar-refractivity contribution is 7.92. The van der Waals surface area contributed by atoms with Gasteiger partial charge < -0.3 is 10.2 Å². The monoisotopic (exact) mass is 465 g/mol. The molecule has 172 valence electrons. The van der Waals surface area contributed by atoms with Gasteiger partial charge in [-0.2, -0.15) is 4.98 Å². The van der Waals surface area contributed by atoms with Crippen molar-refractivity contribution in [3.05, 3.63) is 65.9 Å². The number of rotatable bonds is 7. The van der Waals surface area contributed by atoms with E-state index < -0.39 is 10.0 Å². The molecule has 1 aromatic heterocycles. The summed E-state index contributed by atoms with van der Waals surface area (Å²) in [7, 11) is -3.76. The molecular formula is C24H27N5O3S. The summed E-state index contributed by atoms with van der Waals surface area (Å²) >= 11 is 0. The van der Waals surface area contributed by atoms with Crippen LogP contribution in [-0.4, -0.2) is 37.3 Å². The van der Waals surface area contributed by atoms with Crippen molar-refractivity contribution < 1.29 is 13.2 Å². The topological polar surface area (TPSA) is 104 Å². The molecule has 33 heavy (non-hydrogen) atoms. The quantitative estimate of drug-likeness (QED) is 0.494. The first-order valence-electron chi connectivity index (χ1n) is 10.9. The first-order chi connectivity index (χ1) is 15.8. The lowest BCUT2D eigenvalue weighted by Gasteiger charge is -2.27.